The van der Waals surface area contributed by atoms with Crippen LogP contribution in [0, 0.1) is 26.8 Å². The lowest BCUT2D eigenvalue weighted by Gasteiger charge is -2.22. The maximum absolute atomic E-state index is 13.5. The topological polar surface area (TPSA) is 102 Å². The monoisotopic (exact) mass is 269 g/mol. The minimum absolute atomic E-state index is 0.0147. The maximum Gasteiger partial charge on any atom is 0.314 e. The molecule has 0 spiro atoms. The fraction of sp³-hybridized carbons (Fsp3) is 0.417. The number of para-hydroxylation sites is 1. The standard InChI is InChI=1S/C12H16FN3O3/c1-12(2,11(14)15)6-7-19-10-8(13)4-3-5-9(10)16(17)18/h3-5H,6-7H2,1-2H3,(H3,14,15). The van der Waals surface area contributed by atoms with Gasteiger partial charge in [0.25, 0.3) is 0 Å². The van der Waals surface area contributed by atoms with E-state index in [1.165, 1.54) is 12.1 Å². The molecule has 0 saturated carbocycles. The van der Waals surface area contributed by atoms with E-state index in [0.717, 1.165) is 6.07 Å². The van der Waals surface area contributed by atoms with Crippen molar-refractivity contribution in [1.29, 1.82) is 5.41 Å². The Morgan fingerprint density at radius 3 is 2.74 bits per heavy atom. The summed E-state index contributed by atoms with van der Waals surface area (Å²) in [5.41, 5.74) is 4.39. The first-order chi connectivity index (χ1) is 8.75. The van der Waals surface area contributed by atoms with E-state index in [1.54, 1.807) is 13.8 Å². The zero-order valence-corrected chi connectivity index (χ0v) is 10.8. The summed E-state index contributed by atoms with van der Waals surface area (Å²) >= 11 is 0. The van der Waals surface area contributed by atoms with Crippen LogP contribution in [0.4, 0.5) is 10.1 Å². The van der Waals surface area contributed by atoms with Crippen molar-refractivity contribution in [2.24, 2.45) is 11.1 Å². The van der Waals surface area contributed by atoms with Crippen LogP contribution < -0.4 is 10.5 Å². The van der Waals surface area contributed by atoms with Crippen LogP contribution in [0.2, 0.25) is 0 Å². The summed E-state index contributed by atoms with van der Waals surface area (Å²) in [5, 5.41) is 18.1. The molecule has 0 saturated heterocycles. The molecule has 3 N–H and O–H groups in total. The smallest absolute Gasteiger partial charge is 0.314 e. The van der Waals surface area contributed by atoms with Gasteiger partial charge in [0, 0.05) is 11.5 Å². The quantitative estimate of drug-likeness (QED) is 0.358. The third kappa shape index (κ3) is 3.64. The molecule has 6 nitrogen and oxygen atoms in total. The van der Waals surface area contributed by atoms with Gasteiger partial charge in [0.15, 0.2) is 5.82 Å². The highest BCUT2D eigenvalue weighted by Gasteiger charge is 2.24. The molecule has 0 fully saturated rings. The Hall–Kier alpha value is -2.18. The van der Waals surface area contributed by atoms with Gasteiger partial charge in [-0.25, -0.2) is 4.39 Å². The molecule has 19 heavy (non-hydrogen) atoms. The van der Waals surface area contributed by atoms with Crippen molar-refractivity contribution in [3.05, 3.63) is 34.1 Å². The van der Waals surface area contributed by atoms with Crippen molar-refractivity contribution in [2.45, 2.75) is 20.3 Å². The van der Waals surface area contributed by atoms with Crippen molar-refractivity contribution in [3.8, 4) is 5.75 Å². The minimum atomic E-state index is -0.783. The number of nitro benzene ring substituents is 1. The van der Waals surface area contributed by atoms with Gasteiger partial charge >= 0.3 is 5.69 Å². The van der Waals surface area contributed by atoms with Crippen LogP contribution in [-0.2, 0) is 0 Å². The fourth-order valence-electron chi connectivity index (χ4n) is 1.33. The van der Waals surface area contributed by atoms with E-state index in [2.05, 4.69) is 0 Å². The van der Waals surface area contributed by atoms with E-state index in [1.807, 2.05) is 0 Å². The Kier molecular flexibility index (Phi) is 4.42. The molecule has 1 aromatic rings. The average Bonchev–Trinajstić information content (AvgIpc) is 2.30. The number of hydrogen-bond acceptors (Lipinski definition) is 4. The number of nitrogens with zero attached hydrogens (tertiary/aromatic N) is 1. The maximum atomic E-state index is 13.5. The van der Waals surface area contributed by atoms with Crippen LogP contribution >= 0.6 is 0 Å². The normalized spacial score (nSPS) is 11.1. The molecule has 0 aliphatic rings. The van der Waals surface area contributed by atoms with Crippen LogP contribution in [0.1, 0.15) is 20.3 Å². The number of rotatable bonds is 6. The number of nitro groups is 1. The lowest BCUT2D eigenvalue weighted by atomic mass is 9.88. The molecule has 7 heteroatoms. The zero-order chi connectivity index (χ0) is 14.6. The molecular formula is C12H16FN3O3. The van der Waals surface area contributed by atoms with E-state index >= 15 is 0 Å². The molecule has 0 aliphatic heterocycles. The van der Waals surface area contributed by atoms with Crippen molar-refractivity contribution in [2.75, 3.05) is 6.61 Å². The number of amidine groups is 1. The van der Waals surface area contributed by atoms with Gasteiger partial charge in [-0.3, -0.25) is 15.5 Å². The van der Waals surface area contributed by atoms with E-state index < -0.39 is 21.8 Å². The van der Waals surface area contributed by atoms with Crippen molar-refractivity contribution < 1.29 is 14.1 Å². The van der Waals surface area contributed by atoms with Gasteiger partial charge in [0.1, 0.15) is 0 Å². The molecule has 0 amide bonds. The van der Waals surface area contributed by atoms with E-state index in [9.17, 15) is 14.5 Å². The van der Waals surface area contributed by atoms with Gasteiger partial charge in [-0.05, 0) is 12.5 Å². The van der Waals surface area contributed by atoms with Gasteiger partial charge in [-0.1, -0.05) is 19.9 Å². The Morgan fingerprint density at radius 1 is 1.58 bits per heavy atom. The summed E-state index contributed by atoms with van der Waals surface area (Å²) in [6, 6.07) is 3.52. The Bertz CT molecular complexity index is 503. The number of ether oxygens (including phenoxy) is 1. The highest BCUT2D eigenvalue weighted by atomic mass is 19.1. The van der Waals surface area contributed by atoms with Crippen molar-refractivity contribution in [1.82, 2.24) is 0 Å². The fourth-order valence-corrected chi connectivity index (χ4v) is 1.33. The predicted molar refractivity (Wildman–Crippen MR) is 68.9 cm³/mol. The van der Waals surface area contributed by atoms with Crippen molar-refractivity contribution >= 4 is 11.5 Å². The van der Waals surface area contributed by atoms with E-state index in [-0.39, 0.29) is 18.2 Å². The first-order valence-corrected chi connectivity index (χ1v) is 5.66. The third-order valence-electron chi connectivity index (χ3n) is 2.85. The van der Waals surface area contributed by atoms with Crippen LogP contribution in [0.3, 0.4) is 0 Å². The molecule has 0 unspecified atom stereocenters. The molecule has 0 aromatic heterocycles. The molecule has 0 aliphatic carbocycles. The SMILES string of the molecule is CC(C)(CCOc1c(F)cccc1[N+](=O)[O-])C(=N)N. The van der Waals surface area contributed by atoms with Crippen LogP contribution in [0.5, 0.6) is 5.75 Å². The second-order valence-electron chi connectivity index (χ2n) is 4.74. The predicted octanol–water partition coefficient (Wildman–Crippen LogP) is 2.46. The first-order valence-electron chi connectivity index (χ1n) is 5.66. The summed E-state index contributed by atoms with van der Waals surface area (Å²) in [5.74, 6) is -1.18. The number of nitrogens with one attached hydrogen (secondary N) is 1. The van der Waals surface area contributed by atoms with Gasteiger partial charge in [-0.15, -0.1) is 0 Å². The Labute approximate surface area is 110 Å². The van der Waals surface area contributed by atoms with E-state index in [0.29, 0.717) is 6.42 Å². The molecule has 1 rings (SSSR count). The van der Waals surface area contributed by atoms with Gasteiger partial charge < -0.3 is 10.5 Å². The van der Waals surface area contributed by atoms with Crippen molar-refractivity contribution in [3.63, 3.8) is 0 Å². The van der Waals surface area contributed by atoms with Gasteiger partial charge in [0.05, 0.1) is 17.4 Å². The average molecular weight is 269 g/mol. The van der Waals surface area contributed by atoms with Crippen LogP contribution in [0.15, 0.2) is 18.2 Å². The molecule has 0 atom stereocenters. The van der Waals surface area contributed by atoms with E-state index in [4.69, 9.17) is 15.9 Å². The Balaban J connectivity index is 2.79. The van der Waals surface area contributed by atoms with Crippen LogP contribution in [0.25, 0.3) is 0 Å². The largest absolute Gasteiger partial charge is 0.485 e. The summed E-state index contributed by atoms with van der Waals surface area (Å²) in [6.07, 6.45) is 0.355. The zero-order valence-electron chi connectivity index (χ0n) is 10.8. The number of nitrogens with two attached hydrogens (primary N) is 1. The highest BCUT2D eigenvalue weighted by Crippen LogP contribution is 2.30. The molecule has 0 radical (unpaired) electrons. The van der Waals surface area contributed by atoms with Crippen LogP contribution in [-0.4, -0.2) is 17.4 Å². The molecular weight excluding hydrogens is 253 g/mol. The number of hydrogen-bond donors (Lipinski definition) is 2. The molecule has 1 aromatic carbocycles. The third-order valence-corrected chi connectivity index (χ3v) is 2.85. The van der Waals surface area contributed by atoms with Gasteiger partial charge in [-0.2, -0.15) is 0 Å². The first kappa shape index (κ1) is 14.9. The summed E-state index contributed by atoms with van der Waals surface area (Å²) in [7, 11) is 0. The second kappa shape index (κ2) is 5.64. The molecule has 0 heterocycles. The number of halogens is 1. The molecule has 0 bridgehead atoms. The molecule has 104 valence electrons. The summed E-state index contributed by atoms with van der Waals surface area (Å²) in [4.78, 5) is 10.0. The second-order valence-corrected chi connectivity index (χ2v) is 4.74. The lowest BCUT2D eigenvalue weighted by molar-refractivity contribution is -0.386. The summed E-state index contributed by atoms with van der Waals surface area (Å²) < 4.78 is 18.6. The number of benzene rings is 1. The minimum Gasteiger partial charge on any atom is -0.485 e. The van der Waals surface area contributed by atoms with Gasteiger partial charge in [0.2, 0.25) is 5.75 Å². The highest BCUT2D eigenvalue weighted by molar-refractivity contribution is 5.82. The lowest BCUT2D eigenvalue weighted by Crippen LogP contribution is -2.32. The Morgan fingerprint density at radius 2 is 2.21 bits per heavy atom. The summed E-state index contributed by atoms with van der Waals surface area (Å²) in [6.45, 7) is 3.53.